The zero-order valence-corrected chi connectivity index (χ0v) is 12.8. The standard InChI is InChI=1S/C17H21FN4/c1-13-12-16(22-10-6-2-3-7-11-22)21-17(19-13)20-15-9-5-4-8-14(15)18/h4-5,8-9,12H,2-3,6-7,10-11H2,1H3,(H,19,20,21). The Morgan fingerprint density at radius 2 is 1.77 bits per heavy atom. The Kier molecular flexibility index (Phi) is 4.51. The van der Waals surface area contributed by atoms with Crippen LogP contribution >= 0.6 is 0 Å². The first kappa shape index (κ1) is 14.8. The molecule has 0 spiro atoms. The van der Waals surface area contributed by atoms with Gasteiger partial charge in [-0.1, -0.05) is 25.0 Å². The van der Waals surface area contributed by atoms with E-state index < -0.39 is 0 Å². The van der Waals surface area contributed by atoms with Crippen LogP contribution in [-0.4, -0.2) is 23.1 Å². The number of aromatic nitrogens is 2. The third-order valence-corrected chi connectivity index (χ3v) is 3.89. The van der Waals surface area contributed by atoms with Crippen molar-refractivity contribution in [3.63, 3.8) is 0 Å². The van der Waals surface area contributed by atoms with Gasteiger partial charge in [-0.25, -0.2) is 9.37 Å². The predicted molar refractivity (Wildman–Crippen MR) is 87.1 cm³/mol. The van der Waals surface area contributed by atoms with E-state index in [-0.39, 0.29) is 5.82 Å². The van der Waals surface area contributed by atoms with Gasteiger partial charge in [0, 0.05) is 24.8 Å². The van der Waals surface area contributed by atoms with Gasteiger partial charge in [-0.15, -0.1) is 0 Å². The highest BCUT2D eigenvalue weighted by Gasteiger charge is 2.13. The van der Waals surface area contributed by atoms with Crippen molar-refractivity contribution in [3.8, 4) is 0 Å². The van der Waals surface area contributed by atoms with E-state index in [1.807, 2.05) is 13.0 Å². The average molecular weight is 300 g/mol. The SMILES string of the molecule is Cc1cc(N2CCCCCC2)nc(Nc2ccccc2F)n1. The van der Waals surface area contributed by atoms with Crippen LogP contribution in [0.25, 0.3) is 0 Å². The molecule has 1 aliphatic rings. The molecule has 1 aromatic heterocycles. The summed E-state index contributed by atoms with van der Waals surface area (Å²) in [6.45, 7) is 3.99. The fourth-order valence-electron chi connectivity index (χ4n) is 2.75. The van der Waals surface area contributed by atoms with E-state index in [1.165, 1.54) is 31.7 Å². The highest BCUT2D eigenvalue weighted by atomic mass is 19.1. The number of anilines is 3. The molecule has 1 aliphatic heterocycles. The van der Waals surface area contributed by atoms with Gasteiger partial charge in [-0.2, -0.15) is 4.98 Å². The van der Waals surface area contributed by atoms with Crippen molar-refractivity contribution in [2.24, 2.45) is 0 Å². The molecule has 1 fully saturated rings. The molecule has 2 heterocycles. The number of para-hydroxylation sites is 1. The molecular formula is C17H21FN4. The van der Waals surface area contributed by atoms with Gasteiger partial charge < -0.3 is 10.2 Å². The van der Waals surface area contributed by atoms with E-state index in [2.05, 4.69) is 20.2 Å². The van der Waals surface area contributed by atoms with E-state index in [1.54, 1.807) is 18.2 Å². The summed E-state index contributed by atoms with van der Waals surface area (Å²) >= 11 is 0. The normalized spacial score (nSPS) is 15.5. The number of hydrogen-bond donors (Lipinski definition) is 1. The number of rotatable bonds is 3. The molecule has 4 nitrogen and oxygen atoms in total. The lowest BCUT2D eigenvalue weighted by Gasteiger charge is -2.22. The molecule has 0 saturated carbocycles. The second-order valence-electron chi connectivity index (χ2n) is 5.70. The van der Waals surface area contributed by atoms with Gasteiger partial charge in [-0.3, -0.25) is 0 Å². The topological polar surface area (TPSA) is 41.1 Å². The second kappa shape index (κ2) is 6.73. The Hall–Kier alpha value is -2.17. The minimum Gasteiger partial charge on any atom is -0.356 e. The first-order valence-electron chi connectivity index (χ1n) is 7.84. The predicted octanol–water partition coefficient (Wildman–Crippen LogP) is 4.05. The molecule has 0 amide bonds. The number of nitrogens with one attached hydrogen (secondary N) is 1. The van der Waals surface area contributed by atoms with E-state index >= 15 is 0 Å². The van der Waals surface area contributed by atoms with Crippen LogP contribution < -0.4 is 10.2 Å². The van der Waals surface area contributed by atoms with Crippen LogP contribution in [0.15, 0.2) is 30.3 Å². The molecule has 5 heteroatoms. The number of hydrogen-bond acceptors (Lipinski definition) is 4. The summed E-state index contributed by atoms with van der Waals surface area (Å²) < 4.78 is 13.8. The van der Waals surface area contributed by atoms with E-state index in [0.717, 1.165) is 24.6 Å². The fourth-order valence-corrected chi connectivity index (χ4v) is 2.75. The molecule has 1 saturated heterocycles. The van der Waals surface area contributed by atoms with Crippen LogP contribution in [0.1, 0.15) is 31.4 Å². The van der Waals surface area contributed by atoms with Gasteiger partial charge in [0.05, 0.1) is 5.69 Å². The molecule has 0 atom stereocenters. The monoisotopic (exact) mass is 300 g/mol. The Bertz CT molecular complexity index is 636. The fraction of sp³-hybridized carbons (Fsp3) is 0.412. The summed E-state index contributed by atoms with van der Waals surface area (Å²) in [7, 11) is 0. The third-order valence-electron chi connectivity index (χ3n) is 3.89. The van der Waals surface area contributed by atoms with Crippen molar-refractivity contribution >= 4 is 17.5 Å². The lowest BCUT2D eigenvalue weighted by molar-refractivity contribution is 0.631. The molecule has 116 valence electrons. The molecule has 0 bridgehead atoms. The van der Waals surface area contributed by atoms with E-state index in [4.69, 9.17) is 0 Å². The Morgan fingerprint density at radius 1 is 1.05 bits per heavy atom. The van der Waals surface area contributed by atoms with Gasteiger partial charge >= 0.3 is 0 Å². The van der Waals surface area contributed by atoms with Crippen molar-refractivity contribution in [2.45, 2.75) is 32.6 Å². The van der Waals surface area contributed by atoms with E-state index in [0.29, 0.717) is 11.6 Å². The third kappa shape index (κ3) is 3.53. The minimum absolute atomic E-state index is 0.302. The van der Waals surface area contributed by atoms with Crippen molar-refractivity contribution in [1.29, 1.82) is 0 Å². The molecule has 0 unspecified atom stereocenters. The van der Waals surface area contributed by atoms with E-state index in [9.17, 15) is 4.39 Å². The summed E-state index contributed by atoms with van der Waals surface area (Å²) in [6.07, 6.45) is 4.94. The van der Waals surface area contributed by atoms with Gasteiger partial charge in [0.25, 0.3) is 0 Å². The van der Waals surface area contributed by atoms with Crippen molar-refractivity contribution in [2.75, 3.05) is 23.3 Å². The largest absolute Gasteiger partial charge is 0.356 e. The van der Waals surface area contributed by atoms with Crippen LogP contribution in [0.2, 0.25) is 0 Å². The zero-order chi connectivity index (χ0) is 15.4. The lowest BCUT2D eigenvalue weighted by atomic mass is 10.2. The van der Waals surface area contributed by atoms with Crippen molar-refractivity contribution in [1.82, 2.24) is 9.97 Å². The molecule has 1 aromatic carbocycles. The summed E-state index contributed by atoms with van der Waals surface area (Å²) in [5.74, 6) is 1.07. The van der Waals surface area contributed by atoms with Crippen molar-refractivity contribution < 1.29 is 4.39 Å². The highest BCUT2D eigenvalue weighted by molar-refractivity contribution is 5.56. The summed E-state index contributed by atoms with van der Waals surface area (Å²) in [4.78, 5) is 11.2. The van der Waals surface area contributed by atoms with Gasteiger partial charge in [0.2, 0.25) is 5.95 Å². The maximum Gasteiger partial charge on any atom is 0.229 e. The van der Waals surface area contributed by atoms with Gasteiger partial charge in [0.1, 0.15) is 11.6 Å². The number of benzene rings is 1. The lowest BCUT2D eigenvalue weighted by Crippen LogP contribution is -2.25. The molecular weight excluding hydrogens is 279 g/mol. The van der Waals surface area contributed by atoms with Crippen LogP contribution in [0.5, 0.6) is 0 Å². The van der Waals surface area contributed by atoms with Crippen LogP contribution in [0.4, 0.5) is 21.8 Å². The van der Waals surface area contributed by atoms with Crippen LogP contribution in [0.3, 0.4) is 0 Å². The second-order valence-corrected chi connectivity index (χ2v) is 5.70. The Balaban J connectivity index is 1.84. The van der Waals surface area contributed by atoms with Crippen LogP contribution in [0, 0.1) is 12.7 Å². The number of halogens is 1. The highest BCUT2D eigenvalue weighted by Crippen LogP contribution is 2.22. The van der Waals surface area contributed by atoms with Gasteiger partial charge in [0.15, 0.2) is 0 Å². The maximum atomic E-state index is 13.8. The zero-order valence-electron chi connectivity index (χ0n) is 12.8. The number of aryl methyl sites for hydroxylation is 1. The minimum atomic E-state index is -0.302. The first-order chi connectivity index (χ1) is 10.7. The Morgan fingerprint density at radius 3 is 2.50 bits per heavy atom. The summed E-state index contributed by atoms with van der Waals surface area (Å²) in [5, 5.41) is 2.98. The van der Waals surface area contributed by atoms with Crippen LogP contribution in [-0.2, 0) is 0 Å². The summed E-state index contributed by atoms with van der Waals surface area (Å²) in [6, 6.07) is 8.57. The molecule has 22 heavy (non-hydrogen) atoms. The Labute approximate surface area is 130 Å². The smallest absolute Gasteiger partial charge is 0.229 e. The molecule has 3 rings (SSSR count). The van der Waals surface area contributed by atoms with Crippen molar-refractivity contribution in [3.05, 3.63) is 41.8 Å². The quantitative estimate of drug-likeness (QED) is 0.928. The number of nitrogens with zero attached hydrogens (tertiary/aromatic N) is 3. The summed E-state index contributed by atoms with van der Waals surface area (Å²) in [5.41, 5.74) is 1.28. The molecule has 1 N–H and O–H groups in total. The molecule has 0 radical (unpaired) electrons. The molecule has 0 aliphatic carbocycles. The van der Waals surface area contributed by atoms with Gasteiger partial charge in [-0.05, 0) is 31.9 Å². The maximum absolute atomic E-state index is 13.8. The molecule has 2 aromatic rings. The average Bonchev–Trinajstić information content (AvgIpc) is 2.78. The first-order valence-corrected chi connectivity index (χ1v) is 7.84.